The van der Waals surface area contributed by atoms with Gasteiger partial charge in [-0.25, -0.2) is 4.79 Å². The van der Waals surface area contributed by atoms with Crippen molar-refractivity contribution in [2.45, 2.75) is 12.8 Å². The van der Waals surface area contributed by atoms with Crippen LogP contribution in [-0.2, 0) is 0 Å². The van der Waals surface area contributed by atoms with Gasteiger partial charge in [-0.15, -0.1) is 0 Å². The Hall–Kier alpha value is -3.60. The van der Waals surface area contributed by atoms with Gasteiger partial charge in [0.05, 0.1) is 0 Å². The van der Waals surface area contributed by atoms with Crippen molar-refractivity contribution in [1.29, 1.82) is 0 Å². The van der Waals surface area contributed by atoms with Crippen molar-refractivity contribution in [3.05, 3.63) is 81.7 Å². The maximum absolute atomic E-state index is 12.1. The summed E-state index contributed by atoms with van der Waals surface area (Å²) in [6.45, 7) is 0. The highest BCUT2D eigenvalue weighted by Crippen LogP contribution is 2.26. The van der Waals surface area contributed by atoms with E-state index in [2.05, 4.69) is 62.7 Å². The van der Waals surface area contributed by atoms with Crippen molar-refractivity contribution >= 4 is 29.3 Å². The summed E-state index contributed by atoms with van der Waals surface area (Å²) < 4.78 is 0. The fourth-order valence-electron chi connectivity index (χ4n) is 3.39. The second-order valence-electron chi connectivity index (χ2n) is 7.24. The molecule has 3 aromatic rings. The van der Waals surface area contributed by atoms with E-state index >= 15 is 0 Å². The summed E-state index contributed by atoms with van der Waals surface area (Å²) in [7, 11) is 4.07. The number of anilines is 3. The molecular weight excluding hydrogens is 360 g/mol. The quantitative estimate of drug-likeness (QED) is 0.725. The van der Waals surface area contributed by atoms with E-state index in [1.807, 2.05) is 44.5 Å². The first-order valence-corrected chi connectivity index (χ1v) is 9.72. The first-order valence-electron chi connectivity index (χ1n) is 9.72. The van der Waals surface area contributed by atoms with Crippen molar-refractivity contribution in [3.8, 4) is 11.1 Å². The van der Waals surface area contributed by atoms with E-state index in [-0.39, 0.29) is 5.69 Å². The first-order chi connectivity index (χ1) is 14.1. The minimum atomic E-state index is -0.352. The predicted octanol–water partition coefficient (Wildman–Crippen LogP) is 3.16. The first kappa shape index (κ1) is 18.7. The zero-order valence-corrected chi connectivity index (χ0v) is 16.6. The van der Waals surface area contributed by atoms with Gasteiger partial charge in [0.1, 0.15) is 5.82 Å². The van der Waals surface area contributed by atoms with Gasteiger partial charge in [0, 0.05) is 36.0 Å². The number of benzene rings is 2. The summed E-state index contributed by atoms with van der Waals surface area (Å²) in [6.07, 6.45) is 10.0. The fraction of sp³-hybridized carbons (Fsp3) is 0.167. The number of H-pyrrole nitrogens is 1. The lowest BCUT2D eigenvalue weighted by atomic mass is 10.0. The van der Waals surface area contributed by atoms with E-state index in [4.69, 9.17) is 0 Å². The van der Waals surface area contributed by atoms with Crippen LogP contribution in [0, 0.1) is 0 Å². The van der Waals surface area contributed by atoms with Crippen molar-refractivity contribution < 1.29 is 0 Å². The lowest BCUT2D eigenvalue weighted by molar-refractivity contribution is 1.00. The molecule has 29 heavy (non-hydrogen) atoms. The minimum Gasteiger partial charge on any atom is -0.378 e. The summed E-state index contributed by atoms with van der Waals surface area (Å²) in [5.41, 5.74) is 3.92. The molecule has 2 N–H and O–H groups in total. The Balaban J connectivity index is 1.74. The van der Waals surface area contributed by atoms with Crippen LogP contribution in [0.4, 0.5) is 17.2 Å². The summed E-state index contributed by atoms with van der Waals surface area (Å²) in [5.74, 6) is 0.561. The van der Waals surface area contributed by atoms with E-state index in [9.17, 15) is 4.79 Å². The van der Waals surface area contributed by atoms with Crippen LogP contribution >= 0.6 is 0 Å². The Bertz CT molecular complexity index is 1240. The van der Waals surface area contributed by atoms with Crippen molar-refractivity contribution in [2.75, 3.05) is 24.3 Å². The minimum absolute atomic E-state index is 0.352. The SMILES string of the molecule is CN(C)c1cccc(-c2cccc(Nc3nc(=O)[nH]c4c3=CC=CCCC=4)c2)c1. The average molecular weight is 384 g/mol. The molecule has 4 rings (SSSR count). The maximum atomic E-state index is 12.1. The zero-order chi connectivity index (χ0) is 20.2. The van der Waals surface area contributed by atoms with Crippen molar-refractivity contribution in [1.82, 2.24) is 9.97 Å². The summed E-state index contributed by atoms with van der Waals surface area (Å²) >= 11 is 0. The van der Waals surface area contributed by atoms with Gasteiger partial charge in [-0.05, 0) is 54.3 Å². The van der Waals surface area contributed by atoms with E-state index in [1.165, 1.54) is 0 Å². The van der Waals surface area contributed by atoms with E-state index in [0.717, 1.165) is 45.9 Å². The molecule has 2 aromatic carbocycles. The molecular formula is C24H24N4O. The van der Waals surface area contributed by atoms with E-state index in [1.54, 1.807) is 0 Å². The molecule has 5 heteroatoms. The van der Waals surface area contributed by atoms with Crippen molar-refractivity contribution in [3.63, 3.8) is 0 Å². The lowest BCUT2D eigenvalue weighted by Gasteiger charge is -2.14. The Kier molecular flexibility index (Phi) is 5.29. The van der Waals surface area contributed by atoms with Gasteiger partial charge in [0.2, 0.25) is 0 Å². The number of aromatic amines is 1. The zero-order valence-electron chi connectivity index (χ0n) is 16.6. The monoisotopic (exact) mass is 384 g/mol. The largest absolute Gasteiger partial charge is 0.378 e. The standard InChI is InChI=1S/C24H24N4O/c1-28(2)20-12-8-10-18(16-20)17-9-7-11-19(15-17)25-23-21-13-5-3-4-6-14-22(21)26-24(29)27-23/h3,5,7-16H,4,6H2,1-2H3,(H2,25,26,27,29). The molecule has 0 saturated heterocycles. The highest BCUT2D eigenvalue weighted by molar-refractivity contribution is 5.73. The van der Waals surface area contributed by atoms with Crippen LogP contribution in [0.1, 0.15) is 12.8 Å². The normalized spacial score (nSPS) is 12.8. The molecule has 0 spiro atoms. The van der Waals surface area contributed by atoms with Crippen molar-refractivity contribution in [2.24, 2.45) is 0 Å². The molecule has 0 saturated carbocycles. The molecule has 146 valence electrons. The smallest absolute Gasteiger partial charge is 0.347 e. The number of hydrogen-bond acceptors (Lipinski definition) is 4. The molecule has 1 aliphatic rings. The molecule has 5 nitrogen and oxygen atoms in total. The second kappa shape index (κ2) is 8.19. The Morgan fingerprint density at radius 1 is 1.03 bits per heavy atom. The third-order valence-electron chi connectivity index (χ3n) is 4.90. The number of nitrogens with zero attached hydrogens (tertiary/aromatic N) is 2. The summed E-state index contributed by atoms with van der Waals surface area (Å²) in [6, 6.07) is 16.6. The van der Waals surface area contributed by atoms with Crippen LogP contribution in [0.5, 0.6) is 0 Å². The van der Waals surface area contributed by atoms with Gasteiger partial charge in [-0.1, -0.05) is 42.5 Å². The number of hydrogen-bond donors (Lipinski definition) is 2. The van der Waals surface area contributed by atoms with Crippen LogP contribution in [0.25, 0.3) is 23.3 Å². The van der Waals surface area contributed by atoms with E-state index < -0.39 is 0 Å². The number of fused-ring (bicyclic) bond motifs is 1. The molecule has 0 atom stereocenters. The average Bonchev–Trinajstić information content (AvgIpc) is 2.69. The Labute approximate surface area is 169 Å². The number of allylic oxidation sites excluding steroid dienone is 2. The predicted molar refractivity (Wildman–Crippen MR) is 121 cm³/mol. The van der Waals surface area contributed by atoms with Gasteiger partial charge < -0.3 is 15.2 Å². The number of nitrogens with one attached hydrogen (secondary N) is 2. The van der Waals surface area contributed by atoms with Gasteiger partial charge >= 0.3 is 5.69 Å². The Morgan fingerprint density at radius 2 is 1.83 bits per heavy atom. The highest BCUT2D eigenvalue weighted by atomic mass is 16.1. The molecule has 0 amide bonds. The molecule has 1 aromatic heterocycles. The van der Waals surface area contributed by atoms with Crippen LogP contribution in [0.2, 0.25) is 0 Å². The Morgan fingerprint density at radius 3 is 2.66 bits per heavy atom. The molecule has 0 fully saturated rings. The topological polar surface area (TPSA) is 61.0 Å². The number of rotatable bonds is 4. The summed E-state index contributed by atoms with van der Waals surface area (Å²) in [4.78, 5) is 21.2. The van der Waals surface area contributed by atoms with Crippen LogP contribution in [0.15, 0.2) is 65.5 Å². The highest BCUT2D eigenvalue weighted by Gasteiger charge is 2.06. The molecule has 1 heterocycles. The molecule has 0 unspecified atom stereocenters. The second-order valence-corrected chi connectivity index (χ2v) is 7.24. The fourth-order valence-corrected chi connectivity index (χ4v) is 3.39. The van der Waals surface area contributed by atoms with Crippen LogP contribution in [0.3, 0.4) is 0 Å². The molecule has 0 bridgehead atoms. The van der Waals surface area contributed by atoms with Crippen LogP contribution in [-0.4, -0.2) is 24.1 Å². The van der Waals surface area contributed by atoms with Gasteiger partial charge in [-0.3, -0.25) is 0 Å². The molecule has 1 aliphatic carbocycles. The third kappa shape index (κ3) is 4.29. The van der Waals surface area contributed by atoms with Gasteiger partial charge in [-0.2, -0.15) is 4.98 Å². The molecule has 0 radical (unpaired) electrons. The summed E-state index contributed by atoms with van der Waals surface area (Å²) in [5, 5.41) is 5.04. The maximum Gasteiger partial charge on any atom is 0.347 e. The van der Waals surface area contributed by atoms with Crippen LogP contribution < -0.4 is 26.5 Å². The number of aromatic nitrogens is 2. The third-order valence-corrected chi connectivity index (χ3v) is 4.90. The molecule has 0 aliphatic heterocycles. The lowest BCUT2D eigenvalue weighted by Crippen LogP contribution is -2.38. The van der Waals surface area contributed by atoms with Gasteiger partial charge in [0.15, 0.2) is 0 Å². The van der Waals surface area contributed by atoms with E-state index in [0.29, 0.717) is 5.82 Å². The van der Waals surface area contributed by atoms with Gasteiger partial charge in [0.25, 0.3) is 0 Å².